The molecule has 1 unspecified atom stereocenters. The van der Waals surface area contributed by atoms with Gasteiger partial charge in [0, 0.05) is 16.5 Å². The molecule has 1 aliphatic rings. The maximum absolute atomic E-state index is 11.1. The summed E-state index contributed by atoms with van der Waals surface area (Å²) in [5.41, 5.74) is 1.57. The fraction of sp³-hybridized carbons (Fsp3) is 0.462. The lowest BCUT2D eigenvalue weighted by Crippen LogP contribution is -2.11. The third-order valence-electron chi connectivity index (χ3n) is 3.08. The number of halogens is 1. The van der Waals surface area contributed by atoms with Crippen LogP contribution >= 0.6 is 15.9 Å². The quantitative estimate of drug-likeness (QED) is 0.911. The molecule has 0 saturated carbocycles. The van der Waals surface area contributed by atoms with E-state index in [0.717, 1.165) is 22.0 Å². The Kier molecular flexibility index (Phi) is 3.80. The molecular weight excluding hydrogens is 300 g/mol. The van der Waals surface area contributed by atoms with Crippen molar-refractivity contribution >= 4 is 21.9 Å². The summed E-state index contributed by atoms with van der Waals surface area (Å²) in [5, 5.41) is 9.15. The molecule has 0 bridgehead atoms. The summed E-state index contributed by atoms with van der Waals surface area (Å²) in [6.45, 7) is 4.75. The number of carboxylic acids is 1. The van der Waals surface area contributed by atoms with Crippen LogP contribution < -0.4 is 9.47 Å². The van der Waals surface area contributed by atoms with Crippen molar-refractivity contribution < 1.29 is 19.4 Å². The van der Waals surface area contributed by atoms with Crippen LogP contribution in [0, 0.1) is 6.92 Å². The lowest BCUT2D eigenvalue weighted by Gasteiger charge is -2.18. The van der Waals surface area contributed by atoms with Crippen LogP contribution in [0.1, 0.15) is 30.4 Å². The summed E-state index contributed by atoms with van der Waals surface area (Å²) >= 11 is 3.42. The lowest BCUT2D eigenvalue weighted by atomic mass is 9.95. The molecule has 1 aromatic rings. The Bertz CT molecular complexity index is 484. The summed E-state index contributed by atoms with van der Waals surface area (Å²) < 4.78 is 12.0. The van der Waals surface area contributed by atoms with Crippen molar-refractivity contribution in [3.63, 3.8) is 0 Å². The number of carboxylic acid groups (broad SMARTS) is 1. The summed E-state index contributed by atoms with van der Waals surface area (Å²) in [6.07, 6.45) is 0.829. The molecule has 18 heavy (non-hydrogen) atoms. The van der Waals surface area contributed by atoms with E-state index in [0.29, 0.717) is 24.7 Å². The molecule has 0 amide bonds. The van der Waals surface area contributed by atoms with Gasteiger partial charge in [-0.3, -0.25) is 4.79 Å². The summed E-state index contributed by atoms with van der Waals surface area (Å²) in [6, 6.07) is 1.79. The summed E-state index contributed by atoms with van der Waals surface area (Å²) in [4.78, 5) is 11.1. The highest BCUT2D eigenvalue weighted by Crippen LogP contribution is 2.42. The zero-order valence-corrected chi connectivity index (χ0v) is 11.9. The fourth-order valence-corrected chi connectivity index (χ4v) is 2.95. The average Bonchev–Trinajstić information content (AvgIpc) is 2.54. The standard InChI is InChI=1S/C13H15BrO4/c1-7-11(8(2)13(15)16)9(14)6-10-12(7)18-5-3-4-17-10/h6,8H,3-5H2,1-2H3,(H,15,16). The van der Waals surface area contributed by atoms with E-state index in [1.807, 2.05) is 6.92 Å². The Labute approximate surface area is 114 Å². The Balaban J connectivity index is 2.55. The van der Waals surface area contributed by atoms with Crippen molar-refractivity contribution in [1.82, 2.24) is 0 Å². The van der Waals surface area contributed by atoms with Crippen LogP contribution in [0.4, 0.5) is 0 Å². The lowest BCUT2D eigenvalue weighted by molar-refractivity contribution is -0.138. The van der Waals surface area contributed by atoms with Gasteiger partial charge in [0.15, 0.2) is 11.5 Å². The predicted molar refractivity (Wildman–Crippen MR) is 70.5 cm³/mol. The third-order valence-corrected chi connectivity index (χ3v) is 3.74. The summed E-state index contributed by atoms with van der Waals surface area (Å²) in [5.74, 6) is -0.0955. The first-order chi connectivity index (χ1) is 8.52. The Hall–Kier alpha value is -1.23. The molecule has 4 nitrogen and oxygen atoms in total. The SMILES string of the molecule is Cc1c2c(cc(Br)c1C(C)C(=O)O)OCCCO2. The van der Waals surface area contributed by atoms with Gasteiger partial charge in [-0.25, -0.2) is 0 Å². The molecule has 1 aromatic carbocycles. The van der Waals surface area contributed by atoms with Crippen molar-refractivity contribution in [3.8, 4) is 11.5 Å². The molecule has 0 spiro atoms. The highest BCUT2D eigenvalue weighted by molar-refractivity contribution is 9.10. The third kappa shape index (κ3) is 2.32. The molecule has 1 N–H and O–H groups in total. The maximum Gasteiger partial charge on any atom is 0.310 e. The Morgan fingerprint density at radius 2 is 2.11 bits per heavy atom. The number of hydrogen-bond acceptors (Lipinski definition) is 3. The van der Waals surface area contributed by atoms with E-state index in [-0.39, 0.29) is 0 Å². The van der Waals surface area contributed by atoms with Crippen LogP contribution in [0.25, 0.3) is 0 Å². The van der Waals surface area contributed by atoms with Crippen molar-refractivity contribution in [3.05, 3.63) is 21.7 Å². The van der Waals surface area contributed by atoms with Gasteiger partial charge in [0.25, 0.3) is 0 Å². The van der Waals surface area contributed by atoms with Crippen LogP contribution in [0.3, 0.4) is 0 Å². The molecule has 1 aliphatic heterocycles. The number of aliphatic carboxylic acids is 1. The zero-order valence-electron chi connectivity index (χ0n) is 10.3. The second-order valence-electron chi connectivity index (χ2n) is 4.33. The van der Waals surface area contributed by atoms with Crippen molar-refractivity contribution in [2.45, 2.75) is 26.2 Å². The van der Waals surface area contributed by atoms with Gasteiger partial charge in [-0.15, -0.1) is 0 Å². The highest BCUT2D eigenvalue weighted by atomic mass is 79.9. The first kappa shape index (κ1) is 13.2. The second-order valence-corrected chi connectivity index (χ2v) is 5.19. The molecule has 0 radical (unpaired) electrons. The average molecular weight is 315 g/mol. The highest BCUT2D eigenvalue weighted by Gasteiger charge is 2.25. The van der Waals surface area contributed by atoms with E-state index < -0.39 is 11.9 Å². The van der Waals surface area contributed by atoms with Gasteiger partial charge in [0.1, 0.15) is 0 Å². The Morgan fingerprint density at radius 1 is 1.44 bits per heavy atom. The largest absolute Gasteiger partial charge is 0.490 e. The van der Waals surface area contributed by atoms with Crippen LogP contribution in [0.15, 0.2) is 10.5 Å². The normalized spacial score (nSPS) is 15.9. The molecule has 0 aromatic heterocycles. The molecule has 1 heterocycles. The zero-order chi connectivity index (χ0) is 13.3. The van der Waals surface area contributed by atoms with Crippen LogP contribution in [-0.4, -0.2) is 24.3 Å². The minimum Gasteiger partial charge on any atom is -0.490 e. The molecule has 5 heteroatoms. The number of ether oxygens (including phenoxy) is 2. The van der Waals surface area contributed by atoms with E-state index in [4.69, 9.17) is 14.6 Å². The molecule has 0 fully saturated rings. The van der Waals surface area contributed by atoms with E-state index >= 15 is 0 Å². The van der Waals surface area contributed by atoms with Crippen molar-refractivity contribution in [2.24, 2.45) is 0 Å². The second kappa shape index (κ2) is 5.18. The van der Waals surface area contributed by atoms with Crippen LogP contribution in [0.5, 0.6) is 11.5 Å². The van der Waals surface area contributed by atoms with Crippen molar-refractivity contribution in [1.29, 1.82) is 0 Å². The topological polar surface area (TPSA) is 55.8 Å². The summed E-state index contributed by atoms with van der Waals surface area (Å²) in [7, 11) is 0. The van der Waals surface area contributed by atoms with Gasteiger partial charge in [0.2, 0.25) is 0 Å². The van der Waals surface area contributed by atoms with E-state index in [9.17, 15) is 4.79 Å². The van der Waals surface area contributed by atoms with Gasteiger partial charge in [-0.2, -0.15) is 0 Å². The fourth-order valence-electron chi connectivity index (χ4n) is 2.10. The van der Waals surface area contributed by atoms with Gasteiger partial charge in [-0.1, -0.05) is 15.9 Å². The minimum absolute atomic E-state index is 0.587. The van der Waals surface area contributed by atoms with Crippen LogP contribution in [0.2, 0.25) is 0 Å². The molecule has 98 valence electrons. The van der Waals surface area contributed by atoms with E-state index in [1.54, 1.807) is 13.0 Å². The molecule has 2 rings (SSSR count). The number of carbonyl (C=O) groups is 1. The first-order valence-electron chi connectivity index (χ1n) is 5.83. The van der Waals surface area contributed by atoms with Crippen LogP contribution in [-0.2, 0) is 4.79 Å². The van der Waals surface area contributed by atoms with Gasteiger partial charge >= 0.3 is 5.97 Å². The number of fused-ring (bicyclic) bond motifs is 1. The first-order valence-corrected chi connectivity index (χ1v) is 6.63. The Morgan fingerprint density at radius 3 is 2.78 bits per heavy atom. The number of hydrogen-bond donors (Lipinski definition) is 1. The van der Waals surface area contributed by atoms with Gasteiger partial charge < -0.3 is 14.6 Å². The molecule has 0 aliphatic carbocycles. The molecule has 0 saturated heterocycles. The van der Waals surface area contributed by atoms with E-state index in [1.165, 1.54) is 0 Å². The maximum atomic E-state index is 11.1. The van der Waals surface area contributed by atoms with Gasteiger partial charge in [0.05, 0.1) is 19.1 Å². The minimum atomic E-state index is -0.853. The monoisotopic (exact) mass is 314 g/mol. The predicted octanol–water partition coefficient (Wildman–Crippen LogP) is 3.11. The van der Waals surface area contributed by atoms with Crippen molar-refractivity contribution in [2.75, 3.05) is 13.2 Å². The molecule has 1 atom stereocenters. The smallest absolute Gasteiger partial charge is 0.310 e. The number of rotatable bonds is 2. The van der Waals surface area contributed by atoms with Gasteiger partial charge in [-0.05, 0) is 25.5 Å². The van der Waals surface area contributed by atoms with E-state index in [2.05, 4.69) is 15.9 Å². The molecular formula is C13H15BrO4. The number of benzene rings is 1.